The fourth-order valence-corrected chi connectivity index (χ4v) is 2.70. The van der Waals surface area contributed by atoms with Gasteiger partial charge < -0.3 is 5.32 Å². The molecule has 0 spiro atoms. The molecular formula is C19H13ClFN7. The maximum absolute atomic E-state index is 13.2. The lowest BCUT2D eigenvalue weighted by molar-refractivity contribution is 0.627. The van der Waals surface area contributed by atoms with Gasteiger partial charge in [-0.25, -0.2) is 24.3 Å². The molecule has 0 unspecified atom stereocenters. The molecule has 2 aromatic carbocycles. The van der Waals surface area contributed by atoms with E-state index < -0.39 is 0 Å². The summed E-state index contributed by atoms with van der Waals surface area (Å²) in [5.74, 6) is 0.571. The van der Waals surface area contributed by atoms with Gasteiger partial charge in [0, 0.05) is 10.7 Å². The standard InChI is InChI=1S/C19H13ClFN7/c20-13-4-2-6-15(8-13)27-18-16-17(23-10-24-18)19(25-11-22-16)28-26-9-12-3-1-5-14(21)7-12/h1-11H,(H,22,25,28)(H,23,24,27). The molecule has 0 aliphatic heterocycles. The van der Waals surface area contributed by atoms with Gasteiger partial charge in [-0.2, -0.15) is 5.10 Å². The molecule has 7 nitrogen and oxygen atoms in total. The van der Waals surface area contributed by atoms with Crippen molar-refractivity contribution in [3.8, 4) is 0 Å². The van der Waals surface area contributed by atoms with E-state index in [2.05, 4.69) is 35.8 Å². The number of aromatic nitrogens is 4. The van der Waals surface area contributed by atoms with Crippen LogP contribution in [0.15, 0.2) is 66.3 Å². The number of hydrazone groups is 1. The van der Waals surface area contributed by atoms with Gasteiger partial charge in [0.1, 0.15) is 29.5 Å². The summed E-state index contributed by atoms with van der Waals surface area (Å²) in [6.07, 6.45) is 4.28. The van der Waals surface area contributed by atoms with Crippen molar-refractivity contribution >= 4 is 46.2 Å². The largest absolute Gasteiger partial charge is 0.338 e. The van der Waals surface area contributed by atoms with Gasteiger partial charge in [0.25, 0.3) is 0 Å². The minimum Gasteiger partial charge on any atom is -0.338 e. The number of hydrogen-bond acceptors (Lipinski definition) is 7. The van der Waals surface area contributed by atoms with Crippen LogP contribution < -0.4 is 10.7 Å². The van der Waals surface area contributed by atoms with E-state index in [0.29, 0.717) is 33.3 Å². The van der Waals surface area contributed by atoms with Crippen molar-refractivity contribution in [1.29, 1.82) is 0 Å². The van der Waals surface area contributed by atoms with Crippen molar-refractivity contribution in [3.63, 3.8) is 0 Å². The highest BCUT2D eigenvalue weighted by Crippen LogP contribution is 2.25. The Morgan fingerprint density at radius 1 is 0.893 bits per heavy atom. The van der Waals surface area contributed by atoms with E-state index >= 15 is 0 Å². The first-order valence-corrected chi connectivity index (χ1v) is 8.60. The Hall–Kier alpha value is -3.65. The molecule has 0 amide bonds. The Kier molecular flexibility index (Phi) is 5.03. The topological polar surface area (TPSA) is 88.0 Å². The number of benzene rings is 2. The third-order valence-corrected chi connectivity index (χ3v) is 3.98. The molecular weight excluding hydrogens is 381 g/mol. The number of anilines is 3. The average molecular weight is 394 g/mol. The highest BCUT2D eigenvalue weighted by atomic mass is 35.5. The molecule has 28 heavy (non-hydrogen) atoms. The van der Waals surface area contributed by atoms with Gasteiger partial charge in [-0.15, -0.1) is 0 Å². The summed E-state index contributed by atoms with van der Waals surface area (Å²) in [7, 11) is 0. The number of fused-ring (bicyclic) bond motifs is 1. The van der Waals surface area contributed by atoms with Crippen LogP contribution in [0, 0.1) is 5.82 Å². The fraction of sp³-hybridized carbons (Fsp3) is 0. The summed E-state index contributed by atoms with van der Waals surface area (Å²) in [6, 6.07) is 13.3. The first-order chi connectivity index (χ1) is 13.7. The third-order valence-electron chi connectivity index (χ3n) is 3.74. The molecule has 9 heteroatoms. The van der Waals surface area contributed by atoms with Gasteiger partial charge in [-0.1, -0.05) is 29.8 Å². The quantitative estimate of drug-likeness (QED) is 0.386. The molecule has 0 radical (unpaired) electrons. The monoisotopic (exact) mass is 393 g/mol. The minimum absolute atomic E-state index is 0.332. The highest BCUT2D eigenvalue weighted by molar-refractivity contribution is 6.30. The second-order valence-electron chi connectivity index (χ2n) is 5.70. The van der Waals surface area contributed by atoms with E-state index in [0.717, 1.165) is 5.69 Å². The molecule has 0 saturated heterocycles. The molecule has 0 aliphatic carbocycles. The van der Waals surface area contributed by atoms with Crippen LogP contribution >= 0.6 is 11.6 Å². The normalized spacial score (nSPS) is 11.1. The number of hydrogen-bond donors (Lipinski definition) is 2. The molecule has 2 heterocycles. The van der Waals surface area contributed by atoms with E-state index in [4.69, 9.17) is 11.6 Å². The molecule has 138 valence electrons. The first-order valence-electron chi connectivity index (χ1n) is 8.22. The zero-order valence-corrected chi connectivity index (χ0v) is 15.1. The Bertz CT molecular complexity index is 1170. The van der Waals surface area contributed by atoms with Gasteiger partial charge in [-0.3, -0.25) is 5.43 Å². The van der Waals surface area contributed by atoms with E-state index in [9.17, 15) is 4.39 Å². The lowest BCUT2D eigenvalue weighted by Gasteiger charge is -2.09. The summed E-state index contributed by atoms with van der Waals surface area (Å²) in [5.41, 5.74) is 5.19. The lowest BCUT2D eigenvalue weighted by Crippen LogP contribution is -2.02. The van der Waals surface area contributed by atoms with Gasteiger partial charge in [0.15, 0.2) is 11.6 Å². The van der Waals surface area contributed by atoms with Gasteiger partial charge >= 0.3 is 0 Å². The molecule has 0 fully saturated rings. The SMILES string of the molecule is Fc1cccc(C=NNc2ncnc3c(Nc4cccc(Cl)c4)ncnc23)c1. The number of nitrogens with zero attached hydrogens (tertiary/aromatic N) is 5. The summed E-state index contributed by atoms with van der Waals surface area (Å²) < 4.78 is 13.2. The van der Waals surface area contributed by atoms with Crippen molar-refractivity contribution < 1.29 is 4.39 Å². The van der Waals surface area contributed by atoms with Gasteiger partial charge in [0.2, 0.25) is 0 Å². The molecule has 0 aliphatic rings. The molecule has 4 rings (SSSR count). The maximum atomic E-state index is 13.2. The van der Waals surface area contributed by atoms with Crippen LogP contribution in [0.4, 0.5) is 21.7 Å². The van der Waals surface area contributed by atoms with Crippen molar-refractivity contribution in [2.24, 2.45) is 5.10 Å². The van der Waals surface area contributed by atoms with Crippen LogP contribution in [0.1, 0.15) is 5.56 Å². The Morgan fingerprint density at radius 3 is 2.43 bits per heavy atom. The van der Waals surface area contributed by atoms with Crippen LogP contribution in [0.3, 0.4) is 0 Å². The van der Waals surface area contributed by atoms with E-state index in [-0.39, 0.29) is 5.82 Å². The van der Waals surface area contributed by atoms with Crippen LogP contribution in [-0.4, -0.2) is 26.2 Å². The number of halogens is 2. The molecule has 0 saturated carbocycles. The van der Waals surface area contributed by atoms with E-state index in [1.165, 1.54) is 31.0 Å². The lowest BCUT2D eigenvalue weighted by atomic mass is 10.2. The maximum Gasteiger partial charge on any atom is 0.176 e. The summed E-state index contributed by atoms with van der Waals surface area (Å²) in [4.78, 5) is 16.9. The zero-order chi connectivity index (χ0) is 19.3. The molecule has 4 aromatic rings. The van der Waals surface area contributed by atoms with Gasteiger partial charge in [0.05, 0.1) is 6.21 Å². The molecule has 0 bridgehead atoms. The zero-order valence-electron chi connectivity index (χ0n) is 14.3. The van der Waals surface area contributed by atoms with Crippen molar-refractivity contribution in [3.05, 3.63) is 77.6 Å². The first kappa shape index (κ1) is 17.7. The van der Waals surface area contributed by atoms with Crippen LogP contribution in [0.2, 0.25) is 5.02 Å². The van der Waals surface area contributed by atoms with Crippen LogP contribution in [-0.2, 0) is 0 Å². The third kappa shape index (κ3) is 4.02. The molecule has 0 atom stereocenters. The van der Waals surface area contributed by atoms with Gasteiger partial charge in [-0.05, 0) is 35.9 Å². The summed E-state index contributed by atoms with van der Waals surface area (Å²) in [6.45, 7) is 0. The summed E-state index contributed by atoms with van der Waals surface area (Å²) >= 11 is 6.02. The molecule has 2 aromatic heterocycles. The second-order valence-corrected chi connectivity index (χ2v) is 6.14. The van der Waals surface area contributed by atoms with Crippen molar-refractivity contribution in [1.82, 2.24) is 19.9 Å². The van der Waals surface area contributed by atoms with Crippen molar-refractivity contribution in [2.75, 3.05) is 10.7 Å². The minimum atomic E-state index is -0.332. The second kappa shape index (κ2) is 7.93. The van der Waals surface area contributed by atoms with E-state index in [1.54, 1.807) is 24.3 Å². The Labute approximate surface area is 164 Å². The average Bonchev–Trinajstić information content (AvgIpc) is 2.69. The smallest absolute Gasteiger partial charge is 0.176 e. The summed E-state index contributed by atoms with van der Waals surface area (Å²) in [5, 5.41) is 7.87. The van der Waals surface area contributed by atoms with Crippen molar-refractivity contribution in [2.45, 2.75) is 0 Å². The Balaban J connectivity index is 1.62. The predicted molar refractivity (Wildman–Crippen MR) is 107 cm³/mol. The fourth-order valence-electron chi connectivity index (χ4n) is 2.51. The Morgan fingerprint density at radius 2 is 1.64 bits per heavy atom. The van der Waals surface area contributed by atoms with E-state index in [1.807, 2.05) is 12.1 Å². The highest BCUT2D eigenvalue weighted by Gasteiger charge is 2.10. The predicted octanol–water partition coefficient (Wildman–Crippen LogP) is 4.40. The van der Waals surface area contributed by atoms with Crippen LogP contribution in [0.25, 0.3) is 11.0 Å². The molecule has 2 N–H and O–H groups in total. The number of rotatable bonds is 5. The van der Waals surface area contributed by atoms with Crippen LogP contribution in [0.5, 0.6) is 0 Å². The number of nitrogens with one attached hydrogen (secondary N) is 2.